The monoisotopic (exact) mass is 507 g/mol. The molecule has 0 saturated heterocycles. The molecule has 1 aromatic heterocycles. The number of aliphatic hydroxyl groups excluding tert-OH is 1. The molecule has 0 spiro atoms. The van der Waals surface area contributed by atoms with Gasteiger partial charge in [0, 0.05) is 18.7 Å². The van der Waals surface area contributed by atoms with Crippen molar-refractivity contribution in [3.8, 4) is 11.1 Å². The summed E-state index contributed by atoms with van der Waals surface area (Å²) in [5.41, 5.74) is 12.6. The summed E-state index contributed by atoms with van der Waals surface area (Å²) in [5, 5.41) is 22.8. The molecule has 0 amide bonds. The first-order valence-corrected chi connectivity index (χ1v) is 12.8. The molecule has 0 fully saturated rings. The molecule has 180 valence electrons. The first-order valence-electron chi connectivity index (χ1n) is 9.77. The third-order valence-electron chi connectivity index (χ3n) is 4.97. The number of fused-ring (bicyclic) bond motifs is 1. The van der Waals surface area contributed by atoms with Gasteiger partial charge in [0.05, 0.1) is 22.7 Å². The van der Waals surface area contributed by atoms with Crippen molar-refractivity contribution in [1.82, 2.24) is 14.7 Å². The molecule has 0 saturated carbocycles. The van der Waals surface area contributed by atoms with E-state index in [2.05, 4.69) is 29.9 Å². The molecule has 1 aliphatic heterocycles. The maximum Gasteiger partial charge on any atom is 0.242 e. The number of nitrogens with zero attached hydrogens (tertiary/aromatic N) is 4. The molecular weight excluding hydrogens is 486 g/mol. The van der Waals surface area contributed by atoms with Crippen molar-refractivity contribution in [2.75, 3.05) is 25.5 Å². The second-order valence-corrected chi connectivity index (χ2v) is 10.5. The number of hydrogen-bond acceptors (Lipinski definition) is 11. The summed E-state index contributed by atoms with van der Waals surface area (Å²) in [7, 11) is -9.11. The molecule has 4 rings (SSSR count). The van der Waals surface area contributed by atoms with E-state index in [-0.39, 0.29) is 36.1 Å². The van der Waals surface area contributed by atoms with Crippen LogP contribution in [0.25, 0.3) is 22.2 Å². The fourth-order valence-electron chi connectivity index (χ4n) is 3.50. The van der Waals surface area contributed by atoms with E-state index in [9.17, 15) is 21.9 Å². The predicted molar refractivity (Wildman–Crippen MR) is 124 cm³/mol. The molecule has 34 heavy (non-hydrogen) atoms. The second-order valence-electron chi connectivity index (χ2n) is 7.29. The molecule has 2 aromatic carbocycles. The highest BCUT2D eigenvalue weighted by molar-refractivity contribution is 7.92. The molecule has 0 radical (unpaired) electrons. The summed E-state index contributed by atoms with van der Waals surface area (Å²) in [6.07, 6.45) is -1.18. The van der Waals surface area contributed by atoms with Crippen molar-refractivity contribution in [2.24, 2.45) is 26.1 Å². The Morgan fingerprint density at radius 2 is 1.91 bits per heavy atom. The van der Waals surface area contributed by atoms with Crippen LogP contribution in [0.5, 0.6) is 0 Å². The maximum atomic E-state index is 13.0. The number of nitrogens with two attached hydrogens (primary N) is 3. The van der Waals surface area contributed by atoms with E-state index < -0.39 is 42.5 Å². The number of aromatic amines is 1. The number of anilines is 1. The third-order valence-corrected chi connectivity index (χ3v) is 7.56. The Morgan fingerprint density at radius 1 is 1.15 bits per heavy atom. The number of aliphatic hydroxyl groups is 1. The number of primary sulfonamides is 1. The third kappa shape index (κ3) is 4.41. The molecule has 1 atom stereocenters. The van der Waals surface area contributed by atoms with E-state index in [0.29, 0.717) is 16.6 Å². The van der Waals surface area contributed by atoms with Gasteiger partial charge in [-0.1, -0.05) is 18.2 Å². The number of nitrogens with one attached hydrogen (secondary N) is 2. The van der Waals surface area contributed by atoms with Gasteiger partial charge in [0.1, 0.15) is 9.79 Å². The topological polar surface area (TPSA) is 244 Å². The van der Waals surface area contributed by atoms with Gasteiger partial charge in [0.2, 0.25) is 20.0 Å². The minimum atomic E-state index is -4.65. The number of hydrogen-bond donors (Lipinski definition) is 6. The fraction of sp³-hybridized carbons (Fsp3) is 0.222. The number of nitrogen functional groups attached to an aromatic ring is 1. The molecule has 2 heterocycles. The first kappa shape index (κ1) is 23.9. The van der Waals surface area contributed by atoms with Gasteiger partial charge in [-0.15, -0.1) is 5.11 Å². The van der Waals surface area contributed by atoms with E-state index in [1.54, 1.807) is 18.2 Å². The number of aliphatic imine (C=N–C) groups is 1. The van der Waals surface area contributed by atoms with E-state index in [1.165, 1.54) is 6.07 Å². The molecule has 9 N–H and O–H groups in total. The number of azo groups is 1. The minimum Gasteiger partial charge on any atom is -0.390 e. The molecule has 1 aliphatic rings. The fourth-order valence-corrected chi connectivity index (χ4v) is 6.17. The van der Waals surface area contributed by atoms with Crippen LogP contribution in [0.2, 0.25) is 0 Å². The van der Waals surface area contributed by atoms with Crippen LogP contribution in [0, 0.1) is 0 Å². The van der Waals surface area contributed by atoms with Crippen LogP contribution >= 0.6 is 0 Å². The SMILES string of the molecule is NC[C@@H](O)CNS(=O)(=O)c1ccc(-c2cccc3[nH]c(N)nc23)c(C2=NCN=N2)c1S(N)(=O)=O. The van der Waals surface area contributed by atoms with Gasteiger partial charge in [-0.3, -0.25) is 0 Å². The van der Waals surface area contributed by atoms with Gasteiger partial charge < -0.3 is 21.6 Å². The lowest BCUT2D eigenvalue weighted by Gasteiger charge is -2.18. The summed E-state index contributed by atoms with van der Waals surface area (Å²) in [6.45, 7) is -0.717. The van der Waals surface area contributed by atoms with E-state index in [4.69, 9.17) is 16.6 Å². The van der Waals surface area contributed by atoms with Crippen LogP contribution in [0.3, 0.4) is 0 Å². The Kier molecular flexibility index (Phi) is 6.19. The van der Waals surface area contributed by atoms with E-state index in [1.807, 2.05) is 0 Å². The van der Waals surface area contributed by atoms with Gasteiger partial charge in [-0.25, -0.2) is 36.7 Å². The molecule has 0 aliphatic carbocycles. The average molecular weight is 508 g/mol. The first-order chi connectivity index (χ1) is 16.0. The highest BCUT2D eigenvalue weighted by Gasteiger charge is 2.33. The standard InChI is InChI=1S/C18H21N9O5S2/c19-6-9(28)7-24-34(31,32)13-5-4-10(11-2-1-3-12-15(11)26-18(20)25-12)14(16(13)33(21,29)30)17-22-8-23-27-17/h1-5,9,24,28H,6-8,19H2,(H3,20,25,26)(H2,21,29,30)/t9-/m1/s1. The van der Waals surface area contributed by atoms with Crippen LogP contribution < -0.4 is 21.3 Å². The zero-order valence-electron chi connectivity index (χ0n) is 17.5. The van der Waals surface area contributed by atoms with Gasteiger partial charge in [-0.05, 0) is 17.7 Å². The Bertz CT molecular complexity index is 1550. The van der Waals surface area contributed by atoms with Crippen molar-refractivity contribution in [2.45, 2.75) is 15.9 Å². The van der Waals surface area contributed by atoms with Gasteiger partial charge >= 0.3 is 0 Å². The van der Waals surface area contributed by atoms with Crippen molar-refractivity contribution in [1.29, 1.82) is 0 Å². The lowest BCUT2D eigenvalue weighted by molar-refractivity contribution is 0.186. The number of sulfonamides is 2. The molecule has 16 heteroatoms. The zero-order chi connectivity index (χ0) is 24.7. The summed E-state index contributed by atoms with van der Waals surface area (Å²) in [6, 6.07) is 7.56. The molecule has 0 unspecified atom stereocenters. The predicted octanol–water partition coefficient (Wildman–Crippen LogP) is -0.773. The summed E-state index contributed by atoms with van der Waals surface area (Å²) in [5.74, 6) is 0.0222. The highest BCUT2D eigenvalue weighted by atomic mass is 32.2. The van der Waals surface area contributed by atoms with Crippen LogP contribution in [-0.4, -0.2) is 63.6 Å². The lowest BCUT2D eigenvalue weighted by Crippen LogP contribution is -2.37. The van der Waals surface area contributed by atoms with Crippen molar-refractivity contribution in [3.05, 3.63) is 35.9 Å². The van der Waals surface area contributed by atoms with Gasteiger partial charge in [0.25, 0.3) is 0 Å². The largest absolute Gasteiger partial charge is 0.390 e. The molecule has 3 aromatic rings. The Balaban J connectivity index is 2.05. The zero-order valence-corrected chi connectivity index (χ0v) is 19.1. The number of amidine groups is 1. The van der Waals surface area contributed by atoms with Gasteiger partial charge in [0.15, 0.2) is 18.5 Å². The van der Waals surface area contributed by atoms with Crippen molar-refractivity contribution in [3.63, 3.8) is 0 Å². The second kappa shape index (κ2) is 8.82. The molecule has 14 nitrogen and oxygen atoms in total. The maximum absolute atomic E-state index is 13.0. The van der Waals surface area contributed by atoms with Crippen LogP contribution in [0.15, 0.2) is 55.3 Å². The number of aromatic nitrogens is 2. The Labute approximate surface area is 194 Å². The van der Waals surface area contributed by atoms with Crippen LogP contribution in [0.1, 0.15) is 5.56 Å². The highest BCUT2D eigenvalue weighted by Crippen LogP contribution is 2.37. The van der Waals surface area contributed by atoms with Crippen molar-refractivity contribution < 1.29 is 21.9 Å². The number of H-pyrrole nitrogens is 1. The molecule has 0 bridgehead atoms. The number of imidazole rings is 1. The summed E-state index contributed by atoms with van der Waals surface area (Å²) < 4.78 is 53.8. The smallest absolute Gasteiger partial charge is 0.242 e. The summed E-state index contributed by atoms with van der Waals surface area (Å²) in [4.78, 5) is 9.87. The van der Waals surface area contributed by atoms with Crippen molar-refractivity contribution >= 4 is 42.9 Å². The van der Waals surface area contributed by atoms with E-state index >= 15 is 0 Å². The van der Waals surface area contributed by atoms with E-state index in [0.717, 1.165) is 6.07 Å². The Hall–Kier alpha value is -3.28. The number of para-hydroxylation sites is 1. The average Bonchev–Trinajstić information content (AvgIpc) is 3.44. The van der Waals surface area contributed by atoms with Crippen LogP contribution in [-0.2, 0) is 20.0 Å². The quantitative estimate of drug-likeness (QED) is 0.225. The minimum absolute atomic E-state index is 0.0731. The van der Waals surface area contributed by atoms with Crippen LogP contribution in [0.4, 0.5) is 5.95 Å². The number of benzene rings is 2. The number of rotatable bonds is 8. The Morgan fingerprint density at radius 3 is 2.56 bits per heavy atom. The molecular formula is C18H21N9O5S2. The van der Waals surface area contributed by atoms with Gasteiger partial charge in [-0.2, -0.15) is 5.11 Å². The normalized spacial score (nSPS) is 15.1. The summed E-state index contributed by atoms with van der Waals surface area (Å²) >= 11 is 0. The lowest BCUT2D eigenvalue weighted by atomic mass is 9.97.